The number of nitrogens with zero attached hydrogens (tertiary/aromatic N) is 4. The van der Waals surface area contributed by atoms with Gasteiger partial charge in [-0.3, -0.25) is 4.68 Å². The molecule has 0 amide bonds. The Balaban J connectivity index is 1.82. The fourth-order valence-corrected chi connectivity index (χ4v) is 2.42. The van der Waals surface area contributed by atoms with Gasteiger partial charge in [0, 0.05) is 11.3 Å². The highest BCUT2D eigenvalue weighted by Crippen LogP contribution is 2.31. The quantitative estimate of drug-likeness (QED) is 0.604. The van der Waals surface area contributed by atoms with Crippen molar-refractivity contribution in [1.29, 1.82) is 0 Å². The van der Waals surface area contributed by atoms with Crippen molar-refractivity contribution >= 4 is 0 Å². The van der Waals surface area contributed by atoms with Gasteiger partial charge in [0.05, 0.1) is 0 Å². The van der Waals surface area contributed by atoms with Crippen molar-refractivity contribution in [2.45, 2.75) is 32.7 Å². The zero-order valence-corrected chi connectivity index (χ0v) is 14.0. The number of ether oxygens (including phenoxy) is 1. The predicted molar refractivity (Wildman–Crippen MR) is 82.1 cm³/mol. The van der Waals surface area contributed by atoms with Crippen molar-refractivity contribution in [3.63, 3.8) is 0 Å². The van der Waals surface area contributed by atoms with Crippen molar-refractivity contribution in [2.24, 2.45) is 0 Å². The summed E-state index contributed by atoms with van der Waals surface area (Å²) in [4.78, 5) is 0. The van der Waals surface area contributed by atoms with Gasteiger partial charge in [-0.25, -0.2) is 0 Å². The van der Waals surface area contributed by atoms with E-state index in [1.54, 1.807) is 6.92 Å². The molecular formula is C16H13F5N4O2. The average molecular weight is 388 g/mol. The van der Waals surface area contributed by atoms with Gasteiger partial charge in [-0.2, -0.15) is 27.1 Å². The van der Waals surface area contributed by atoms with Gasteiger partial charge in [-0.15, -0.1) is 10.2 Å². The molecule has 11 heteroatoms. The number of rotatable bonds is 5. The summed E-state index contributed by atoms with van der Waals surface area (Å²) >= 11 is 0. The summed E-state index contributed by atoms with van der Waals surface area (Å²) in [6.07, 6.45) is -4.56. The van der Waals surface area contributed by atoms with E-state index in [-0.39, 0.29) is 23.2 Å². The second kappa shape index (κ2) is 6.97. The van der Waals surface area contributed by atoms with E-state index in [1.807, 2.05) is 0 Å². The number of halogens is 5. The molecule has 0 saturated heterocycles. The van der Waals surface area contributed by atoms with Crippen molar-refractivity contribution in [2.75, 3.05) is 0 Å². The Hall–Kier alpha value is -2.98. The summed E-state index contributed by atoms with van der Waals surface area (Å²) in [5.41, 5.74) is -0.292. The van der Waals surface area contributed by atoms with E-state index < -0.39 is 24.5 Å². The predicted octanol–water partition coefficient (Wildman–Crippen LogP) is 4.47. The van der Waals surface area contributed by atoms with Crippen LogP contribution in [0, 0.1) is 6.92 Å². The lowest BCUT2D eigenvalue weighted by molar-refractivity contribution is -0.141. The van der Waals surface area contributed by atoms with E-state index in [2.05, 4.69) is 20.0 Å². The van der Waals surface area contributed by atoms with Crippen molar-refractivity contribution in [3.8, 4) is 17.2 Å². The van der Waals surface area contributed by atoms with Gasteiger partial charge in [0.1, 0.15) is 11.8 Å². The SMILES string of the molecule is Cc1cc(C(F)(F)F)nn1C(C)c1nnc(-c2ccc(OC(F)F)cc2)o1. The average Bonchev–Trinajstić information content (AvgIpc) is 3.21. The normalized spacial score (nSPS) is 13.2. The topological polar surface area (TPSA) is 66.0 Å². The number of hydrogen-bond acceptors (Lipinski definition) is 5. The molecular weight excluding hydrogens is 375 g/mol. The Morgan fingerprint density at radius 2 is 1.78 bits per heavy atom. The molecule has 1 aromatic carbocycles. The number of aryl methyl sites for hydroxylation is 1. The molecule has 6 nitrogen and oxygen atoms in total. The Morgan fingerprint density at radius 3 is 2.33 bits per heavy atom. The minimum atomic E-state index is -4.56. The third kappa shape index (κ3) is 4.07. The van der Waals surface area contributed by atoms with Crippen LogP contribution in [0.25, 0.3) is 11.5 Å². The van der Waals surface area contributed by atoms with Crippen molar-refractivity contribution in [1.82, 2.24) is 20.0 Å². The molecule has 0 fully saturated rings. The molecule has 27 heavy (non-hydrogen) atoms. The largest absolute Gasteiger partial charge is 0.435 e. The summed E-state index contributed by atoms with van der Waals surface area (Å²) in [5.74, 6) is 0.104. The van der Waals surface area contributed by atoms with E-state index in [1.165, 1.54) is 31.2 Å². The first-order chi connectivity index (χ1) is 12.6. The third-order valence-corrected chi connectivity index (χ3v) is 3.70. The van der Waals surface area contributed by atoms with E-state index in [0.717, 1.165) is 10.7 Å². The molecule has 0 spiro atoms. The third-order valence-electron chi connectivity index (χ3n) is 3.70. The molecule has 0 saturated carbocycles. The molecule has 3 aromatic rings. The van der Waals surface area contributed by atoms with E-state index in [0.29, 0.717) is 5.56 Å². The maximum Gasteiger partial charge on any atom is 0.435 e. The van der Waals surface area contributed by atoms with Crippen molar-refractivity contribution in [3.05, 3.63) is 47.6 Å². The monoisotopic (exact) mass is 388 g/mol. The van der Waals surface area contributed by atoms with Crippen LogP contribution < -0.4 is 4.74 Å². The molecule has 2 heterocycles. The van der Waals surface area contributed by atoms with Gasteiger partial charge in [-0.1, -0.05) is 0 Å². The highest BCUT2D eigenvalue weighted by molar-refractivity contribution is 5.54. The molecule has 0 aliphatic carbocycles. The molecule has 3 rings (SSSR count). The summed E-state index contributed by atoms with van der Waals surface area (Å²) in [7, 11) is 0. The molecule has 0 bridgehead atoms. The van der Waals surface area contributed by atoms with Crippen molar-refractivity contribution < 1.29 is 31.1 Å². The van der Waals surface area contributed by atoms with Crippen LogP contribution in [-0.4, -0.2) is 26.6 Å². The molecule has 1 atom stereocenters. The minimum absolute atomic E-state index is 0.0336. The summed E-state index contributed by atoms with van der Waals surface area (Å²) in [6.45, 7) is 0.111. The molecule has 0 radical (unpaired) electrons. The van der Waals surface area contributed by atoms with Gasteiger partial charge >= 0.3 is 12.8 Å². The number of hydrogen-bond donors (Lipinski definition) is 0. The summed E-state index contributed by atoms with van der Waals surface area (Å²) < 4.78 is 73.6. The van der Waals surface area contributed by atoms with Gasteiger partial charge in [0.2, 0.25) is 11.8 Å². The zero-order chi connectivity index (χ0) is 19.8. The molecule has 2 aromatic heterocycles. The van der Waals surface area contributed by atoms with Crippen LogP contribution in [0.5, 0.6) is 5.75 Å². The first kappa shape index (κ1) is 18.8. The van der Waals surface area contributed by atoms with Gasteiger partial charge < -0.3 is 9.15 Å². The number of aromatic nitrogens is 4. The fraction of sp³-hybridized carbons (Fsp3) is 0.312. The van der Waals surface area contributed by atoms with Crippen LogP contribution in [0.3, 0.4) is 0 Å². The first-order valence-corrected chi connectivity index (χ1v) is 7.67. The summed E-state index contributed by atoms with van der Waals surface area (Å²) in [5, 5.41) is 11.2. The number of benzene rings is 1. The Labute approximate surface area is 149 Å². The molecule has 0 aliphatic heterocycles. The molecule has 0 aliphatic rings. The Morgan fingerprint density at radius 1 is 1.11 bits per heavy atom. The minimum Gasteiger partial charge on any atom is -0.435 e. The highest BCUT2D eigenvalue weighted by atomic mass is 19.4. The highest BCUT2D eigenvalue weighted by Gasteiger charge is 2.35. The van der Waals surface area contributed by atoms with E-state index in [4.69, 9.17) is 4.42 Å². The van der Waals surface area contributed by atoms with Crippen LogP contribution in [0.4, 0.5) is 22.0 Å². The van der Waals surface area contributed by atoms with Gasteiger partial charge in [0.15, 0.2) is 5.69 Å². The Bertz CT molecular complexity index is 918. The second-order valence-corrected chi connectivity index (χ2v) is 5.64. The molecule has 0 N–H and O–H groups in total. The smallest absolute Gasteiger partial charge is 0.435 e. The summed E-state index contributed by atoms with van der Waals surface area (Å²) in [6, 6.07) is 5.70. The van der Waals surface area contributed by atoms with Crippen LogP contribution in [0.2, 0.25) is 0 Å². The van der Waals surface area contributed by atoms with E-state index in [9.17, 15) is 22.0 Å². The lowest BCUT2D eigenvalue weighted by Gasteiger charge is -2.10. The lowest BCUT2D eigenvalue weighted by Crippen LogP contribution is -2.13. The maximum atomic E-state index is 12.8. The van der Waals surface area contributed by atoms with Gasteiger partial charge in [-0.05, 0) is 44.2 Å². The molecule has 1 unspecified atom stereocenters. The number of alkyl halides is 5. The standard InChI is InChI=1S/C16H13F5N4O2/c1-8-7-12(16(19,20)21)24-25(8)9(2)13-22-23-14(27-13)10-3-5-11(6-4-10)26-15(17)18/h3-7,9,15H,1-2H3. The van der Waals surface area contributed by atoms with Crippen LogP contribution in [0.1, 0.15) is 30.2 Å². The van der Waals surface area contributed by atoms with Crippen LogP contribution in [0.15, 0.2) is 34.7 Å². The lowest BCUT2D eigenvalue weighted by atomic mass is 10.2. The van der Waals surface area contributed by atoms with Crippen LogP contribution >= 0.6 is 0 Å². The molecule has 144 valence electrons. The second-order valence-electron chi connectivity index (χ2n) is 5.64. The zero-order valence-electron chi connectivity index (χ0n) is 14.0. The van der Waals surface area contributed by atoms with Gasteiger partial charge in [0.25, 0.3) is 0 Å². The Kier molecular flexibility index (Phi) is 4.85. The fourth-order valence-electron chi connectivity index (χ4n) is 2.42. The maximum absolute atomic E-state index is 12.8. The first-order valence-electron chi connectivity index (χ1n) is 7.67. The van der Waals surface area contributed by atoms with E-state index >= 15 is 0 Å². The van der Waals surface area contributed by atoms with Crippen LogP contribution in [-0.2, 0) is 6.18 Å².